The number of carbonyl (C=O) groups is 1. The Balaban J connectivity index is 1.78. The van der Waals surface area contributed by atoms with E-state index < -0.39 is 5.60 Å². The second-order valence-corrected chi connectivity index (χ2v) is 7.43. The van der Waals surface area contributed by atoms with Crippen molar-refractivity contribution in [3.05, 3.63) is 34.3 Å². The molecule has 0 saturated carbocycles. The molecule has 0 atom stereocenters. The summed E-state index contributed by atoms with van der Waals surface area (Å²) in [5.74, 6) is 0. The number of nitrogens with one attached hydrogen (secondary N) is 1. The van der Waals surface area contributed by atoms with Gasteiger partial charge in [-0.05, 0) is 27.7 Å². The fourth-order valence-electron chi connectivity index (χ4n) is 2.12. The standard InChI is InChI=1S/C16H24N4O2S/c1-12-19-13(10-23-12)6-8-20-11-17-9-14(20)5-7-18-15(21)22-16(2,3)4/h9-11H,5-8H2,1-4H3,(H,18,21). The molecular formula is C16H24N4O2S. The third-order valence-electron chi connectivity index (χ3n) is 3.12. The predicted octanol–water partition coefficient (Wildman–Crippen LogP) is 2.96. The summed E-state index contributed by atoms with van der Waals surface area (Å²) in [6.45, 7) is 8.92. The minimum absolute atomic E-state index is 0.387. The first-order chi connectivity index (χ1) is 10.8. The van der Waals surface area contributed by atoms with Crippen LogP contribution < -0.4 is 5.32 Å². The summed E-state index contributed by atoms with van der Waals surface area (Å²) >= 11 is 1.67. The van der Waals surface area contributed by atoms with Crippen molar-refractivity contribution in [3.63, 3.8) is 0 Å². The highest BCUT2D eigenvalue weighted by Gasteiger charge is 2.15. The second kappa shape index (κ2) is 7.59. The molecule has 2 aromatic rings. The van der Waals surface area contributed by atoms with Crippen LogP contribution in [-0.2, 0) is 24.1 Å². The first-order valence-electron chi connectivity index (χ1n) is 7.70. The molecule has 0 radical (unpaired) electrons. The number of aryl methyl sites for hydroxylation is 3. The summed E-state index contributed by atoms with van der Waals surface area (Å²) in [4.78, 5) is 20.3. The van der Waals surface area contributed by atoms with Crippen molar-refractivity contribution in [2.45, 2.75) is 52.7 Å². The Hall–Kier alpha value is -1.89. The van der Waals surface area contributed by atoms with Crippen molar-refractivity contribution >= 4 is 17.4 Å². The van der Waals surface area contributed by atoms with E-state index in [1.54, 1.807) is 11.3 Å². The van der Waals surface area contributed by atoms with E-state index in [0.29, 0.717) is 6.54 Å². The van der Waals surface area contributed by atoms with Crippen LogP contribution in [0.25, 0.3) is 0 Å². The number of hydrogen-bond donors (Lipinski definition) is 1. The molecule has 2 heterocycles. The average Bonchev–Trinajstić information content (AvgIpc) is 3.03. The lowest BCUT2D eigenvalue weighted by Gasteiger charge is -2.19. The highest BCUT2D eigenvalue weighted by atomic mass is 32.1. The van der Waals surface area contributed by atoms with Gasteiger partial charge in [-0.2, -0.15) is 0 Å². The number of amides is 1. The molecule has 0 bridgehead atoms. The summed E-state index contributed by atoms with van der Waals surface area (Å²) in [7, 11) is 0. The average molecular weight is 336 g/mol. The number of carbonyl (C=O) groups excluding carboxylic acids is 1. The number of thiazole rings is 1. The number of hydrogen-bond acceptors (Lipinski definition) is 5. The highest BCUT2D eigenvalue weighted by molar-refractivity contribution is 7.09. The molecule has 1 N–H and O–H groups in total. The van der Waals surface area contributed by atoms with Crippen LogP contribution in [0.4, 0.5) is 4.79 Å². The van der Waals surface area contributed by atoms with Crippen molar-refractivity contribution in [1.82, 2.24) is 19.9 Å². The topological polar surface area (TPSA) is 69.0 Å². The molecule has 0 aromatic carbocycles. The Kier molecular flexibility index (Phi) is 5.76. The minimum Gasteiger partial charge on any atom is -0.444 e. The Morgan fingerprint density at radius 1 is 1.39 bits per heavy atom. The first kappa shape index (κ1) is 17.5. The van der Waals surface area contributed by atoms with E-state index in [1.807, 2.05) is 40.2 Å². The number of rotatable bonds is 6. The summed E-state index contributed by atoms with van der Waals surface area (Å²) in [6.07, 6.45) is 4.87. The van der Waals surface area contributed by atoms with Gasteiger partial charge in [-0.25, -0.2) is 14.8 Å². The lowest BCUT2D eigenvalue weighted by atomic mass is 10.2. The maximum Gasteiger partial charge on any atom is 0.407 e. The van der Waals surface area contributed by atoms with Gasteiger partial charge in [0.1, 0.15) is 5.60 Å². The van der Waals surface area contributed by atoms with Crippen LogP contribution in [0.5, 0.6) is 0 Å². The fraction of sp³-hybridized carbons (Fsp3) is 0.562. The molecular weight excluding hydrogens is 312 g/mol. The van der Waals surface area contributed by atoms with Crippen LogP contribution >= 0.6 is 11.3 Å². The van der Waals surface area contributed by atoms with Gasteiger partial charge < -0.3 is 14.6 Å². The van der Waals surface area contributed by atoms with Crippen molar-refractivity contribution in [2.24, 2.45) is 0 Å². The molecule has 6 nitrogen and oxygen atoms in total. The van der Waals surface area contributed by atoms with Crippen LogP contribution in [-0.4, -0.2) is 32.8 Å². The van der Waals surface area contributed by atoms with Crippen LogP contribution in [0.1, 0.15) is 37.2 Å². The van der Waals surface area contributed by atoms with E-state index in [4.69, 9.17) is 4.74 Å². The number of aromatic nitrogens is 3. The second-order valence-electron chi connectivity index (χ2n) is 6.36. The zero-order valence-electron chi connectivity index (χ0n) is 14.1. The van der Waals surface area contributed by atoms with E-state index in [9.17, 15) is 4.79 Å². The van der Waals surface area contributed by atoms with Crippen LogP contribution in [0, 0.1) is 6.92 Å². The van der Waals surface area contributed by atoms with Gasteiger partial charge in [-0.3, -0.25) is 0 Å². The molecule has 0 aliphatic rings. The molecule has 2 rings (SSSR count). The first-order valence-corrected chi connectivity index (χ1v) is 8.58. The Morgan fingerprint density at radius 3 is 2.83 bits per heavy atom. The van der Waals surface area contributed by atoms with Gasteiger partial charge in [0.25, 0.3) is 0 Å². The van der Waals surface area contributed by atoms with Crippen molar-refractivity contribution in [3.8, 4) is 0 Å². The van der Waals surface area contributed by atoms with Gasteiger partial charge in [0, 0.05) is 43.2 Å². The lowest BCUT2D eigenvalue weighted by molar-refractivity contribution is 0.0528. The summed E-state index contributed by atoms with van der Waals surface area (Å²) in [6, 6.07) is 0. The van der Waals surface area contributed by atoms with Crippen molar-refractivity contribution < 1.29 is 9.53 Å². The Bertz CT molecular complexity index is 643. The van der Waals surface area contributed by atoms with Gasteiger partial charge >= 0.3 is 6.09 Å². The number of nitrogens with zero attached hydrogens (tertiary/aromatic N) is 3. The maximum atomic E-state index is 11.6. The minimum atomic E-state index is -0.475. The van der Waals surface area contributed by atoms with E-state index >= 15 is 0 Å². The largest absolute Gasteiger partial charge is 0.444 e. The lowest BCUT2D eigenvalue weighted by Crippen LogP contribution is -2.33. The van der Waals surface area contributed by atoms with Crippen molar-refractivity contribution in [2.75, 3.05) is 6.54 Å². The molecule has 23 heavy (non-hydrogen) atoms. The zero-order chi connectivity index (χ0) is 16.9. The highest BCUT2D eigenvalue weighted by Crippen LogP contribution is 2.10. The molecule has 7 heteroatoms. The molecule has 0 unspecified atom stereocenters. The monoisotopic (exact) mass is 336 g/mol. The van der Waals surface area contributed by atoms with Gasteiger partial charge in [0.15, 0.2) is 0 Å². The van der Waals surface area contributed by atoms with E-state index in [1.165, 1.54) is 0 Å². The third kappa shape index (κ3) is 6.02. The molecule has 0 aliphatic heterocycles. The summed E-state index contributed by atoms with van der Waals surface area (Å²) in [5.41, 5.74) is 1.73. The zero-order valence-corrected chi connectivity index (χ0v) is 14.9. The number of ether oxygens (including phenoxy) is 1. The van der Waals surface area contributed by atoms with E-state index in [-0.39, 0.29) is 6.09 Å². The Labute approximate surface area is 140 Å². The summed E-state index contributed by atoms with van der Waals surface area (Å²) in [5, 5.41) is 5.95. The maximum absolute atomic E-state index is 11.6. The third-order valence-corrected chi connectivity index (χ3v) is 3.95. The van der Waals surface area contributed by atoms with E-state index in [0.717, 1.165) is 35.8 Å². The van der Waals surface area contributed by atoms with Gasteiger partial charge in [-0.15, -0.1) is 11.3 Å². The molecule has 2 aromatic heterocycles. The molecule has 1 amide bonds. The SMILES string of the molecule is Cc1nc(CCn2cncc2CCNC(=O)OC(C)(C)C)cs1. The number of imidazole rings is 1. The van der Waals surface area contributed by atoms with Crippen LogP contribution in [0.15, 0.2) is 17.9 Å². The summed E-state index contributed by atoms with van der Waals surface area (Å²) < 4.78 is 7.32. The molecule has 0 aliphatic carbocycles. The van der Waals surface area contributed by atoms with Crippen LogP contribution in [0.2, 0.25) is 0 Å². The molecule has 126 valence electrons. The van der Waals surface area contributed by atoms with Gasteiger partial charge in [0.05, 0.1) is 17.0 Å². The quantitative estimate of drug-likeness (QED) is 0.880. The van der Waals surface area contributed by atoms with E-state index in [2.05, 4.69) is 25.2 Å². The fourth-order valence-corrected chi connectivity index (χ4v) is 2.77. The van der Waals surface area contributed by atoms with Crippen molar-refractivity contribution in [1.29, 1.82) is 0 Å². The smallest absolute Gasteiger partial charge is 0.407 e. The molecule has 0 fully saturated rings. The normalized spacial score (nSPS) is 11.5. The van der Waals surface area contributed by atoms with Crippen LogP contribution in [0.3, 0.4) is 0 Å². The van der Waals surface area contributed by atoms with Gasteiger partial charge in [0.2, 0.25) is 0 Å². The Morgan fingerprint density at radius 2 is 2.17 bits per heavy atom. The predicted molar refractivity (Wildman–Crippen MR) is 90.7 cm³/mol. The number of alkyl carbamates (subject to hydrolysis) is 1. The molecule has 0 spiro atoms. The molecule has 0 saturated heterocycles. The van der Waals surface area contributed by atoms with Gasteiger partial charge in [-0.1, -0.05) is 0 Å².